The number of alkyl halides is 1. The highest BCUT2D eigenvalue weighted by molar-refractivity contribution is 5.96. The van der Waals surface area contributed by atoms with Crippen LogP contribution in [0, 0.1) is 12.7 Å². The highest BCUT2D eigenvalue weighted by Crippen LogP contribution is 2.28. The number of aromatic nitrogens is 2. The number of carbonyl (C=O) groups is 2. The summed E-state index contributed by atoms with van der Waals surface area (Å²) in [5.74, 6) is -2.58. The second-order valence-corrected chi connectivity index (χ2v) is 5.75. The molecule has 1 atom stereocenters. The Hall–Kier alpha value is -2.77. The summed E-state index contributed by atoms with van der Waals surface area (Å²) >= 11 is 0. The normalized spacial score (nSPS) is 20.4. The first-order chi connectivity index (χ1) is 11.3. The van der Waals surface area contributed by atoms with Gasteiger partial charge in [0.15, 0.2) is 0 Å². The van der Waals surface area contributed by atoms with Gasteiger partial charge in [0.25, 0.3) is 5.91 Å². The molecule has 8 heteroatoms. The van der Waals surface area contributed by atoms with Gasteiger partial charge in [0.05, 0.1) is 24.0 Å². The molecule has 1 aromatic heterocycles. The standard InChI is InChI=1S/C16H15F2N3O3/c1-10-11(8-19-21(10)13-5-3-2-4-12(13)17)14(22)20-7-6-16(18,9-20)15(23)24/h2-5,8H,6-7,9H2,1H3,(H,23,24). The Kier molecular flexibility index (Phi) is 3.82. The lowest BCUT2D eigenvalue weighted by atomic mass is 10.1. The maximum Gasteiger partial charge on any atom is 0.343 e. The van der Waals surface area contributed by atoms with E-state index in [2.05, 4.69) is 5.10 Å². The molecule has 1 unspecified atom stereocenters. The molecule has 0 spiro atoms. The van der Waals surface area contributed by atoms with Gasteiger partial charge in [-0.3, -0.25) is 4.79 Å². The molecule has 1 aliphatic rings. The van der Waals surface area contributed by atoms with Gasteiger partial charge in [0.2, 0.25) is 5.67 Å². The van der Waals surface area contributed by atoms with Crippen LogP contribution in [0.1, 0.15) is 22.5 Å². The first-order valence-corrected chi connectivity index (χ1v) is 7.34. The Morgan fingerprint density at radius 1 is 1.33 bits per heavy atom. The van der Waals surface area contributed by atoms with E-state index < -0.39 is 29.9 Å². The van der Waals surface area contributed by atoms with Gasteiger partial charge in [-0.05, 0) is 19.1 Å². The summed E-state index contributed by atoms with van der Waals surface area (Å²) in [6.45, 7) is 1.10. The van der Waals surface area contributed by atoms with Crippen LogP contribution >= 0.6 is 0 Å². The van der Waals surface area contributed by atoms with Crippen molar-refractivity contribution < 1.29 is 23.5 Å². The summed E-state index contributed by atoms with van der Waals surface area (Å²) in [5, 5.41) is 12.9. The van der Waals surface area contributed by atoms with Crippen molar-refractivity contribution in [1.29, 1.82) is 0 Å². The molecule has 0 saturated carbocycles. The number of para-hydroxylation sites is 1. The molecule has 0 bridgehead atoms. The lowest BCUT2D eigenvalue weighted by Gasteiger charge is -2.17. The minimum Gasteiger partial charge on any atom is -0.479 e. The Morgan fingerprint density at radius 3 is 2.67 bits per heavy atom. The van der Waals surface area contributed by atoms with E-state index in [-0.39, 0.29) is 24.2 Å². The van der Waals surface area contributed by atoms with E-state index >= 15 is 0 Å². The summed E-state index contributed by atoms with van der Waals surface area (Å²) < 4.78 is 29.3. The van der Waals surface area contributed by atoms with Crippen LogP contribution in [0.5, 0.6) is 0 Å². The second-order valence-electron chi connectivity index (χ2n) is 5.75. The minimum absolute atomic E-state index is 0.00590. The van der Waals surface area contributed by atoms with E-state index in [9.17, 15) is 18.4 Å². The topological polar surface area (TPSA) is 75.4 Å². The second kappa shape index (κ2) is 5.70. The number of hydrogen-bond donors (Lipinski definition) is 1. The molecule has 1 saturated heterocycles. The fourth-order valence-electron chi connectivity index (χ4n) is 2.78. The number of carbonyl (C=O) groups excluding carboxylic acids is 1. The van der Waals surface area contributed by atoms with E-state index in [1.54, 1.807) is 19.1 Å². The monoisotopic (exact) mass is 335 g/mol. The van der Waals surface area contributed by atoms with Crippen LogP contribution in [0.3, 0.4) is 0 Å². The summed E-state index contributed by atoms with van der Waals surface area (Å²) in [4.78, 5) is 24.6. The number of carboxylic acid groups (broad SMARTS) is 1. The van der Waals surface area contributed by atoms with Gasteiger partial charge >= 0.3 is 5.97 Å². The summed E-state index contributed by atoms with van der Waals surface area (Å²) in [7, 11) is 0. The van der Waals surface area contributed by atoms with Crippen LogP contribution in [0.25, 0.3) is 5.69 Å². The number of halogens is 2. The zero-order valence-corrected chi connectivity index (χ0v) is 12.9. The van der Waals surface area contributed by atoms with E-state index in [0.717, 1.165) is 4.90 Å². The molecule has 24 heavy (non-hydrogen) atoms. The maximum atomic E-state index is 14.1. The van der Waals surface area contributed by atoms with Gasteiger partial charge in [0.1, 0.15) is 11.5 Å². The van der Waals surface area contributed by atoms with Gasteiger partial charge < -0.3 is 10.0 Å². The quantitative estimate of drug-likeness (QED) is 0.930. The van der Waals surface area contributed by atoms with Gasteiger partial charge in [-0.15, -0.1) is 0 Å². The maximum absolute atomic E-state index is 14.1. The van der Waals surface area contributed by atoms with Crippen LogP contribution < -0.4 is 0 Å². The third-order valence-electron chi connectivity index (χ3n) is 4.21. The third-order valence-corrected chi connectivity index (χ3v) is 4.21. The first kappa shape index (κ1) is 16.1. The number of amides is 1. The molecule has 126 valence electrons. The van der Waals surface area contributed by atoms with E-state index in [0.29, 0.717) is 5.69 Å². The van der Waals surface area contributed by atoms with Crippen LogP contribution in [-0.2, 0) is 4.79 Å². The number of nitrogens with zero attached hydrogens (tertiary/aromatic N) is 3. The van der Waals surface area contributed by atoms with Crippen LogP contribution in [0.2, 0.25) is 0 Å². The molecule has 2 aromatic rings. The highest BCUT2D eigenvalue weighted by Gasteiger charge is 2.47. The molecule has 1 amide bonds. The zero-order chi connectivity index (χ0) is 17.5. The van der Waals surface area contributed by atoms with Gasteiger partial charge in [-0.2, -0.15) is 5.10 Å². The number of benzene rings is 1. The molecule has 0 aliphatic carbocycles. The molecule has 6 nitrogen and oxygen atoms in total. The predicted molar refractivity (Wildman–Crippen MR) is 80.3 cm³/mol. The van der Waals surface area contributed by atoms with Crippen molar-refractivity contribution in [3.05, 3.63) is 47.5 Å². The fourth-order valence-corrected chi connectivity index (χ4v) is 2.78. The number of hydrogen-bond acceptors (Lipinski definition) is 3. The SMILES string of the molecule is Cc1c(C(=O)N2CCC(F)(C(=O)O)C2)cnn1-c1ccccc1F. The Balaban J connectivity index is 1.88. The highest BCUT2D eigenvalue weighted by atomic mass is 19.1. The molecule has 0 radical (unpaired) electrons. The summed E-state index contributed by atoms with van der Waals surface area (Å²) in [6, 6.07) is 5.99. The third kappa shape index (κ3) is 2.53. The van der Waals surface area contributed by atoms with Crippen molar-refractivity contribution in [3.63, 3.8) is 0 Å². The largest absolute Gasteiger partial charge is 0.479 e. The summed E-state index contributed by atoms with van der Waals surface area (Å²) in [5.41, 5.74) is -1.64. The van der Waals surface area contributed by atoms with E-state index in [1.165, 1.54) is 23.0 Å². The predicted octanol–water partition coefficient (Wildman–Crippen LogP) is 1.96. The molecular formula is C16H15F2N3O3. The van der Waals surface area contributed by atoms with Gasteiger partial charge in [0, 0.05) is 13.0 Å². The van der Waals surface area contributed by atoms with Crippen LogP contribution in [0.15, 0.2) is 30.5 Å². The zero-order valence-electron chi connectivity index (χ0n) is 12.9. The van der Waals surface area contributed by atoms with E-state index in [1.807, 2.05) is 0 Å². The Morgan fingerprint density at radius 2 is 2.04 bits per heavy atom. The van der Waals surface area contributed by atoms with Gasteiger partial charge in [-0.1, -0.05) is 12.1 Å². The minimum atomic E-state index is -2.43. The van der Waals surface area contributed by atoms with Crippen molar-refractivity contribution in [3.8, 4) is 5.69 Å². The van der Waals surface area contributed by atoms with Crippen LogP contribution in [-0.4, -0.2) is 50.4 Å². The van der Waals surface area contributed by atoms with Crippen molar-refractivity contribution in [2.24, 2.45) is 0 Å². The van der Waals surface area contributed by atoms with Gasteiger partial charge in [-0.25, -0.2) is 18.3 Å². The lowest BCUT2D eigenvalue weighted by Crippen LogP contribution is -2.39. The van der Waals surface area contributed by atoms with Crippen molar-refractivity contribution in [2.75, 3.05) is 13.1 Å². The number of rotatable bonds is 3. The average molecular weight is 335 g/mol. The number of likely N-dealkylation sites (tertiary alicyclic amines) is 1. The molecular weight excluding hydrogens is 320 g/mol. The van der Waals surface area contributed by atoms with Crippen molar-refractivity contribution >= 4 is 11.9 Å². The number of carboxylic acids is 1. The Labute approximate surface area is 136 Å². The fraction of sp³-hybridized carbons (Fsp3) is 0.312. The molecule has 1 aromatic carbocycles. The van der Waals surface area contributed by atoms with Crippen molar-refractivity contribution in [1.82, 2.24) is 14.7 Å². The van der Waals surface area contributed by atoms with Crippen LogP contribution in [0.4, 0.5) is 8.78 Å². The molecule has 2 heterocycles. The molecule has 1 N–H and O–H groups in total. The van der Waals surface area contributed by atoms with E-state index in [4.69, 9.17) is 5.11 Å². The Bertz CT molecular complexity index is 821. The molecule has 1 aliphatic heterocycles. The summed E-state index contributed by atoms with van der Waals surface area (Å²) in [6.07, 6.45) is 1.03. The lowest BCUT2D eigenvalue weighted by molar-refractivity contribution is -0.149. The molecule has 1 fully saturated rings. The number of aliphatic carboxylic acids is 1. The first-order valence-electron chi connectivity index (χ1n) is 7.34. The smallest absolute Gasteiger partial charge is 0.343 e. The van der Waals surface area contributed by atoms with Crippen molar-refractivity contribution in [2.45, 2.75) is 19.0 Å². The average Bonchev–Trinajstić information content (AvgIpc) is 3.12. The molecule has 3 rings (SSSR count).